The number of carbonyl (C=O) groups excluding carboxylic acids is 3. The number of likely N-dealkylation sites (tertiary alicyclic amines) is 1. The predicted molar refractivity (Wildman–Crippen MR) is 124 cm³/mol. The Balaban J connectivity index is 1.30. The first-order valence-electron chi connectivity index (χ1n) is 11.7. The molecule has 2 aromatic rings. The quantitative estimate of drug-likeness (QED) is 0.667. The Labute approximate surface area is 192 Å². The van der Waals surface area contributed by atoms with E-state index in [1.807, 2.05) is 6.07 Å². The van der Waals surface area contributed by atoms with E-state index in [0.717, 1.165) is 45.2 Å². The van der Waals surface area contributed by atoms with Gasteiger partial charge in [0, 0.05) is 23.0 Å². The van der Waals surface area contributed by atoms with Gasteiger partial charge in [0.1, 0.15) is 0 Å². The van der Waals surface area contributed by atoms with E-state index in [1.165, 1.54) is 22.6 Å². The van der Waals surface area contributed by atoms with Gasteiger partial charge < -0.3 is 5.32 Å². The van der Waals surface area contributed by atoms with Crippen molar-refractivity contribution in [3.63, 3.8) is 0 Å². The summed E-state index contributed by atoms with van der Waals surface area (Å²) in [6, 6.07) is 9.24. The fourth-order valence-corrected chi connectivity index (χ4v) is 6.17. The number of nitrogens with one attached hydrogen (secondary N) is 1. The molecule has 7 heteroatoms. The van der Waals surface area contributed by atoms with Crippen LogP contribution < -0.4 is 5.32 Å². The number of benzene rings is 1. The van der Waals surface area contributed by atoms with Crippen molar-refractivity contribution in [2.24, 2.45) is 0 Å². The molecule has 0 radical (unpaired) electrons. The lowest BCUT2D eigenvalue weighted by Gasteiger charge is -2.29. The number of hydrogen-bond donors (Lipinski definition) is 1. The molecular formula is C25H29N3O3S. The molecule has 1 aromatic carbocycles. The third-order valence-electron chi connectivity index (χ3n) is 7.03. The molecule has 3 amide bonds. The van der Waals surface area contributed by atoms with Gasteiger partial charge in [-0.15, -0.1) is 11.3 Å². The molecule has 3 aliphatic rings. The average Bonchev–Trinajstić information content (AvgIpc) is 3.58. The minimum atomic E-state index is -0.250. The number of nitrogens with zero attached hydrogens (tertiary/aromatic N) is 2. The van der Waals surface area contributed by atoms with Gasteiger partial charge in [0.25, 0.3) is 17.7 Å². The molecule has 1 saturated carbocycles. The van der Waals surface area contributed by atoms with Gasteiger partial charge in [0.15, 0.2) is 0 Å². The van der Waals surface area contributed by atoms with Gasteiger partial charge in [-0.3, -0.25) is 24.2 Å². The first kappa shape index (κ1) is 21.3. The second-order valence-electron chi connectivity index (χ2n) is 9.02. The standard InChI is InChI=1S/C25H29N3O3S/c29-23(26-16-21(22-9-6-14-32-22)27-12-4-5-13-27)17-10-11-19-20(15-17)25(31)28(24(19)30)18-7-2-1-3-8-18/h6,9-11,14-15,18,21H,1-5,7-8,12-13,16H2,(H,26,29). The summed E-state index contributed by atoms with van der Waals surface area (Å²) in [6.07, 6.45) is 7.39. The van der Waals surface area contributed by atoms with Crippen molar-refractivity contribution in [1.29, 1.82) is 0 Å². The molecule has 5 rings (SSSR count). The summed E-state index contributed by atoms with van der Waals surface area (Å²) in [4.78, 5) is 44.0. The van der Waals surface area contributed by atoms with Crippen molar-refractivity contribution in [3.05, 3.63) is 57.3 Å². The van der Waals surface area contributed by atoms with Crippen LogP contribution in [0.3, 0.4) is 0 Å². The Hall–Kier alpha value is -2.51. The summed E-state index contributed by atoms with van der Waals surface area (Å²) in [5, 5.41) is 5.14. The molecule has 32 heavy (non-hydrogen) atoms. The van der Waals surface area contributed by atoms with Crippen LogP contribution in [0.15, 0.2) is 35.7 Å². The summed E-state index contributed by atoms with van der Waals surface area (Å²) >= 11 is 1.72. The summed E-state index contributed by atoms with van der Waals surface area (Å²) in [7, 11) is 0. The maximum Gasteiger partial charge on any atom is 0.261 e. The van der Waals surface area contributed by atoms with E-state index in [4.69, 9.17) is 0 Å². The SMILES string of the molecule is O=C(NCC(c1cccs1)N1CCCC1)c1ccc2c(c1)C(=O)N(C1CCCCC1)C2=O. The fourth-order valence-electron chi connectivity index (χ4n) is 5.31. The molecule has 1 N–H and O–H groups in total. The molecular weight excluding hydrogens is 422 g/mol. The number of hydrogen-bond acceptors (Lipinski definition) is 5. The lowest BCUT2D eigenvalue weighted by Crippen LogP contribution is -2.40. The van der Waals surface area contributed by atoms with Crippen LogP contribution in [0.25, 0.3) is 0 Å². The summed E-state index contributed by atoms with van der Waals surface area (Å²) in [5.74, 6) is -0.666. The van der Waals surface area contributed by atoms with Crippen LogP contribution in [-0.2, 0) is 0 Å². The number of imide groups is 1. The highest BCUT2D eigenvalue weighted by atomic mass is 32.1. The van der Waals surface area contributed by atoms with E-state index in [2.05, 4.69) is 21.7 Å². The van der Waals surface area contributed by atoms with Gasteiger partial charge in [0.2, 0.25) is 0 Å². The molecule has 6 nitrogen and oxygen atoms in total. The molecule has 2 aliphatic heterocycles. The van der Waals surface area contributed by atoms with Gasteiger partial charge in [-0.2, -0.15) is 0 Å². The lowest BCUT2D eigenvalue weighted by molar-refractivity contribution is 0.0548. The second kappa shape index (κ2) is 9.16. The summed E-state index contributed by atoms with van der Waals surface area (Å²) in [6.45, 7) is 2.62. The van der Waals surface area contributed by atoms with Crippen molar-refractivity contribution in [1.82, 2.24) is 15.1 Å². The highest BCUT2D eigenvalue weighted by molar-refractivity contribution is 7.10. The molecule has 1 aliphatic carbocycles. The lowest BCUT2D eigenvalue weighted by atomic mass is 9.94. The molecule has 0 bridgehead atoms. The molecule has 2 fully saturated rings. The fraction of sp³-hybridized carbons (Fsp3) is 0.480. The van der Waals surface area contributed by atoms with Crippen LogP contribution in [0.2, 0.25) is 0 Å². The largest absolute Gasteiger partial charge is 0.350 e. The monoisotopic (exact) mass is 451 g/mol. The van der Waals surface area contributed by atoms with Gasteiger partial charge >= 0.3 is 0 Å². The Morgan fingerprint density at radius 3 is 2.47 bits per heavy atom. The van der Waals surface area contributed by atoms with Crippen LogP contribution in [-0.4, -0.2) is 53.2 Å². The maximum atomic E-state index is 13.0. The second-order valence-corrected chi connectivity index (χ2v) is 10.00. The molecule has 1 aromatic heterocycles. The minimum absolute atomic E-state index is 0.0135. The zero-order chi connectivity index (χ0) is 22.1. The zero-order valence-electron chi connectivity index (χ0n) is 18.2. The Kier molecular flexibility index (Phi) is 6.11. The highest BCUT2D eigenvalue weighted by Crippen LogP contribution is 2.32. The third kappa shape index (κ3) is 3.99. The van der Waals surface area contributed by atoms with Crippen LogP contribution in [0.1, 0.15) is 86.9 Å². The average molecular weight is 452 g/mol. The number of amides is 3. The van der Waals surface area contributed by atoms with Gasteiger partial charge in [-0.25, -0.2) is 0 Å². The van der Waals surface area contributed by atoms with E-state index in [-0.39, 0.29) is 29.8 Å². The number of thiophene rings is 1. The molecule has 168 valence electrons. The molecule has 0 spiro atoms. The first-order valence-corrected chi connectivity index (χ1v) is 12.6. The topological polar surface area (TPSA) is 69.7 Å². The number of fused-ring (bicyclic) bond motifs is 1. The van der Waals surface area contributed by atoms with Crippen LogP contribution in [0, 0.1) is 0 Å². The third-order valence-corrected chi connectivity index (χ3v) is 8.00. The van der Waals surface area contributed by atoms with E-state index in [9.17, 15) is 14.4 Å². The summed E-state index contributed by atoms with van der Waals surface area (Å²) < 4.78 is 0. The van der Waals surface area contributed by atoms with Gasteiger partial charge in [0.05, 0.1) is 17.2 Å². The highest BCUT2D eigenvalue weighted by Gasteiger charge is 2.40. The van der Waals surface area contributed by atoms with E-state index >= 15 is 0 Å². The molecule has 1 atom stereocenters. The predicted octanol–water partition coefficient (Wildman–Crippen LogP) is 4.24. The van der Waals surface area contributed by atoms with Crippen LogP contribution in [0.4, 0.5) is 0 Å². The van der Waals surface area contributed by atoms with Crippen molar-refractivity contribution in [3.8, 4) is 0 Å². The Morgan fingerprint density at radius 2 is 1.75 bits per heavy atom. The van der Waals surface area contributed by atoms with E-state index in [1.54, 1.807) is 29.5 Å². The first-order chi connectivity index (χ1) is 15.6. The zero-order valence-corrected chi connectivity index (χ0v) is 19.0. The maximum absolute atomic E-state index is 13.0. The molecule has 1 saturated heterocycles. The van der Waals surface area contributed by atoms with Crippen LogP contribution >= 0.6 is 11.3 Å². The van der Waals surface area contributed by atoms with Gasteiger partial charge in [-0.1, -0.05) is 25.3 Å². The van der Waals surface area contributed by atoms with Crippen molar-refractivity contribution < 1.29 is 14.4 Å². The van der Waals surface area contributed by atoms with E-state index in [0.29, 0.717) is 23.2 Å². The Bertz CT molecular complexity index is 1010. The molecule has 1 unspecified atom stereocenters. The molecule has 3 heterocycles. The van der Waals surface area contributed by atoms with Crippen molar-refractivity contribution >= 4 is 29.1 Å². The number of carbonyl (C=O) groups is 3. The summed E-state index contributed by atoms with van der Waals surface area (Å²) in [5.41, 5.74) is 1.22. The van der Waals surface area contributed by atoms with Crippen molar-refractivity contribution in [2.45, 2.75) is 57.0 Å². The smallest absolute Gasteiger partial charge is 0.261 e. The van der Waals surface area contributed by atoms with Crippen molar-refractivity contribution in [2.75, 3.05) is 19.6 Å². The normalized spacial score (nSPS) is 20.6. The van der Waals surface area contributed by atoms with Crippen LogP contribution in [0.5, 0.6) is 0 Å². The van der Waals surface area contributed by atoms with Gasteiger partial charge in [-0.05, 0) is 68.4 Å². The minimum Gasteiger partial charge on any atom is -0.350 e. The number of rotatable bonds is 6. The van der Waals surface area contributed by atoms with E-state index < -0.39 is 0 Å². The Morgan fingerprint density at radius 1 is 1.00 bits per heavy atom.